The molecule has 9 nitrogen and oxygen atoms in total. The number of carbonyl (C=O) groups is 3. The van der Waals surface area contributed by atoms with Gasteiger partial charge in [0.1, 0.15) is 6.54 Å². The first-order valence-corrected chi connectivity index (χ1v) is 9.88. The predicted molar refractivity (Wildman–Crippen MR) is 112 cm³/mol. The number of imide groups is 1. The molecule has 0 bridgehead atoms. The Kier molecular flexibility index (Phi) is 6.43. The van der Waals surface area contributed by atoms with Crippen molar-refractivity contribution in [1.29, 1.82) is 0 Å². The number of rotatable bonds is 8. The number of hydrogen-bond donors (Lipinski definition) is 1. The zero-order valence-corrected chi connectivity index (χ0v) is 18.0. The van der Waals surface area contributed by atoms with Gasteiger partial charge in [0.05, 0.1) is 19.9 Å². The SMILES string of the molecule is CCN(Cc1ccc(OC)c(OC)c1)C(=O)CN1C(=O)N[C@](C)(c2ccccn2)C1=O. The van der Waals surface area contributed by atoms with Crippen molar-refractivity contribution in [2.24, 2.45) is 0 Å². The summed E-state index contributed by atoms with van der Waals surface area (Å²) in [5.41, 5.74) is -0.0525. The number of pyridine rings is 1. The third-order valence-corrected chi connectivity index (χ3v) is 5.30. The normalized spacial score (nSPS) is 18.0. The summed E-state index contributed by atoms with van der Waals surface area (Å²) in [6.07, 6.45) is 1.55. The third kappa shape index (κ3) is 4.30. The number of likely N-dealkylation sites (N-methyl/N-ethyl adjacent to an activating group) is 1. The van der Waals surface area contributed by atoms with Crippen LogP contribution in [-0.4, -0.2) is 59.9 Å². The predicted octanol–water partition coefficient (Wildman–Crippen LogP) is 1.91. The van der Waals surface area contributed by atoms with Crippen molar-refractivity contribution in [3.05, 3.63) is 53.9 Å². The molecule has 0 aliphatic carbocycles. The van der Waals surface area contributed by atoms with Crippen LogP contribution in [0.2, 0.25) is 0 Å². The van der Waals surface area contributed by atoms with Crippen LogP contribution in [0.5, 0.6) is 11.5 Å². The van der Waals surface area contributed by atoms with Crippen LogP contribution in [0.1, 0.15) is 25.1 Å². The summed E-state index contributed by atoms with van der Waals surface area (Å²) >= 11 is 0. The molecule has 0 unspecified atom stereocenters. The fourth-order valence-corrected chi connectivity index (χ4v) is 3.48. The number of methoxy groups -OCH3 is 2. The molecule has 0 saturated carbocycles. The minimum absolute atomic E-state index is 0.302. The third-order valence-electron chi connectivity index (χ3n) is 5.30. The van der Waals surface area contributed by atoms with Gasteiger partial charge in [-0.25, -0.2) is 4.79 Å². The zero-order valence-electron chi connectivity index (χ0n) is 18.0. The topological polar surface area (TPSA) is 101 Å². The lowest BCUT2D eigenvalue weighted by Crippen LogP contribution is -2.44. The first kappa shape index (κ1) is 22.1. The molecule has 0 radical (unpaired) electrons. The van der Waals surface area contributed by atoms with Gasteiger partial charge >= 0.3 is 6.03 Å². The van der Waals surface area contributed by atoms with E-state index in [9.17, 15) is 14.4 Å². The van der Waals surface area contributed by atoms with E-state index in [-0.39, 0.29) is 12.5 Å². The van der Waals surface area contributed by atoms with E-state index >= 15 is 0 Å². The lowest BCUT2D eigenvalue weighted by Gasteiger charge is -2.24. The Bertz CT molecular complexity index is 981. The van der Waals surface area contributed by atoms with Crippen molar-refractivity contribution in [3.63, 3.8) is 0 Å². The van der Waals surface area contributed by atoms with Crippen molar-refractivity contribution in [2.45, 2.75) is 25.9 Å². The summed E-state index contributed by atoms with van der Waals surface area (Å²) in [6.45, 7) is 3.78. The molecule has 2 aromatic rings. The highest BCUT2D eigenvalue weighted by molar-refractivity contribution is 6.08. The molecule has 1 aromatic carbocycles. The van der Waals surface area contributed by atoms with Crippen LogP contribution >= 0.6 is 0 Å². The molecule has 1 fully saturated rings. The average molecular weight is 426 g/mol. The second-order valence-corrected chi connectivity index (χ2v) is 7.26. The van der Waals surface area contributed by atoms with E-state index < -0.39 is 17.5 Å². The van der Waals surface area contributed by atoms with Gasteiger partial charge in [0.25, 0.3) is 5.91 Å². The molecule has 1 saturated heterocycles. The van der Waals surface area contributed by atoms with Crippen LogP contribution in [-0.2, 0) is 21.7 Å². The van der Waals surface area contributed by atoms with Gasteiger partial charge in [-0.05, 0) is 43.7 Å². The Labute approximate surface area is 180 Å². The van der Waals surface area contributed by atoms with E-state index in [4.69, 9.17) is 9.47 Å². The molecule has 1 aliphatic heterocycles. The number of benzene rings is 1. The highest BCUT2D eigenvalue weighted by Gasteiger charge is 2.50. The average Bonchev–Trinajstić information content (AvgIpc) is 3.01. The maximum absolute atomic E-state index is 13.0. The van der Waals surface area contributed by atoms with Gasteiger partial charge in [-0.3, -0.25) is 19.5 Å². The van der Waals surface area contributed by atoms with Crippen molar-refractivity contribution in [1.82, 2.24) is 20.1 Å². The number of nitrogens with zero attached hydrogens (tertiary/aromatic N) is 3. The molecular weight excluding hydrogens is 400 g/mol. The van der Waals surface area contributed by atoms with Gasteiger partial charge in [0.15, 0.2) is 17.0 Å². The molecule has 9 heteroatoms. The molecule has 2 heterocycles. The number of carbonyl (C=O) groups excluding carboxylic acids is 3. The number of nitrogens with one attached hydrogen (secondary N) is 1. The van der Waals surface area contributed by atoms with Crippen LogP contribution in [0.15, 0.2) is 42.6 Å². The molecule has 4 amide bonds. The molecule has 31 heavy (non-hydrogen) atoms. The van der Waals surface area contributed by atoms with Gasteiger partial charge < -0.3 is 19.7 Å². The van der Waals surface area contributed by atoms with E-state index in [1.54, 1.807) is 62.6 Å². The summed E-state index contributed by atoms with van der Waals surface area (Å²) in [7, 11) is 3.09. The van der Waals surface area contributed by atoms with Crippen molar-refractivity contribution in [2.75, 3.05) is 27.3 Å². The van der Waals surface area contributed by atoms with Gasteiger partial charge in [-0.1, -0.05) is 12.1 Å². The molecular formula is C22H26N4O5. The molecule has 164 valence electrons. The lowest BCUT2D eigenvalue weighted by molar-refractivity contribution is -0.139. The summed E-state index contributed by atoms with van der Waals surface area (Å²) in [5.74, 6) is 0.301. The number of urea groups is 1. The highest BCUT2D eigenvalue weighted by atomic mass is 16.5. The number of ether oxygens (including phenoxy) is 2. The second kappa shape index (κ2) is 9.03. The molecule has 0 spiro atoms. The van der Waals surface area contributed by atoms with Gasteiger partial charge in [0.2, 0.25) is 5.91 Å². The zero-order chi connectivity index (χ0) is 22.6. The first-order valence-electron chi connectivity index (χ1n) is 9.88. The van der Waals surface area contributed by atoms with E-state index in [1.807, 2.05) is 13.0 Å². The Balaban J connectivity index is 1.73. The summed E-state index contributed by atoms with van der Waals surface area (Å²) < 4.78 is 10.6. The molecule has 1 atom stereocenters. The van der Waals surface area contributed by atoms with Crippen molar-refractivity contribution < 1.29 is 23.9 Å². The standard InChI is InChI=1S/C22H26N4O5/c1-5-25(13-15-9-10-16(30-3)17(12-15)31-4)19(27)14-26-20(28)22(2,24-21(26)29)18-8-6-7-11-23-18/h6-12H,5,13-14H2,1-4H3,(H,24,29)/t22-/m1/s1. The fourth-order valence-electron chi connectivity index (χ4n) is 3.48. The highest BCUT2D eigenvalue weighted by Crippen LogP contribution is 2.29. The van der Waals surface area contributed by atoms with Crippen LogP contribution in [0, 0.1) is 0 Å². The first-order chi connectivity index (χ1) is 14.8. The second-order valence-electron chi connectivity index (χ2n) is 7.26. The lowest BCUT2D eigenvalue weighted by atomic mass is 9.97. The summed E-state index contributed by atoms with van der Waals surface area (Å²) in [5, 5.41) is 2.66. The number of aromatic nitrogens is 1. The van der Waals surface area contributed by atoms with Crippen molar-refractivity contribution >= 4 is 17.8 Å². The van der Waals surface area contributed by atoms with Crippen LogP contribution in [0.4, 0.5) is 4.79 Å². The van der Waals surface area contributed by atoms with Crippen molar-refractivity contribution in [3.8, 4) is 11.5 Å². The Morgan fingerprint density at radius 3 is 2.52 bits per heavy atom. The van der Waals surface area contributed by atoms with E-state index in [1.165, 1.54) is 0 Å². The Morgan fingerprint density at radius 2 is 1.90 bits per heavy atom. The van der Waals surface area contributed by atoms with E-state index in [0.717, 1.165) is 10.5 Å². The van der Waals surface area contributed by atoms with Gasteiger partial charge in [0, 0.05) is 19.3 Å². The van der Waals surface area contributed by atoms with Crippen LogP contribution in [0.25, 0.3) is 0 Å². The van der Waals surface area contributed by atoms with E-state index in [2.05, 4.69) is 10.3 Å². The quantitative estimate of drug-likeness (QED) is 0.647. The summed E-state index contributed by atoms with van der Waals surface area (Å²) in [4.78, 5) is 45.1. The van der Waals surface area contributed by atoms with E-state index in [0.29, 0.717) is 30.3 Å². The monoisotopic (exact) mass is 426 g/mol. The van der Waals surface area contributed by atoms with Gasteiger partial charge in [-0.2, -0.15) is 0 Å². The Hall–Kier alpha value is -3.62. The Morgan fingerprint density at radius 1 is 1.16 bits per heavy atom. The minimum Gasteiger partial charge on any atom is -0.493 e. The smallest absolute Gasteiger partial charge is 0.325 e. The van der Waals surface area contributed by atoms with Crippen LogP contribution in [0.3, 0.4) is 0 Å². The summed E-state index contributed by atoms with van der Waals surface area (Å²) in [6, 6.07) is 9.91. The van der Waals surface area contributed by atoms with Crippen LogP contribution < -0.4 is 14.8 Å². The number of hydrogen-bond acceptors (Lipinski definition) is 6. The largest absolute Gasteiger partial charge is 0.493 e. The molecule has 1 aliphatic rings. The minimum atomic E-state index is -1.31. The molecule has 3 rings (SSSR count). The molecule has 1 N–H and O–H groups in total. The number of amides is 4. The fraction of sp³-hybridized carbons (Fsp3) is 0.364. The van der Waals surface area contributed by atoms with Gasteiger partial charge in [-0.15, -0.1) is 0 Å². The maximum Gasteiger partial charge on any atom is 0.325 e. The molecule has 1 aromatic heterocycles. The maximum atomic E-state index is 13.0.